The minimum absolute atomic E-state index is 0.102. The van der Waals surface area contributed by atoms with E-state index in [-0.39, 0.29) is 11.6 Å². The topological polar surface area (TPSA) is 84.3 Å². The predicted molar refractivity (Wildman–Crippen MR) is 102 cm³/mol. The number of carbonyl (C=O) groups is 1. The van der Waals surface area contributed by atoms with Crippen LogP contribution in [0.15, 0.2) is 24.3 Å². The lowest BCUT2D eigenvalue weighted by Crippen LogP contribution is -2.49. The molecule has 0 radical (unpaired) electrons. The third kappa shape index (κ3) is 8.61. The number of anilines is 1. The zero-order valence-electron chi connectivity index (χ0n) is 13.9. The van der Waals surface area contributed by atoms with Gasteiger partial charge in [0.15, 0.2) is 0 Å². The number of rotatable bonds is 10. The van der Waals surface area contributed by atoms with E-state index in [0.29, 0.717) is 12.1 Å². The van der Waals surface area contributed by atoms with E-state index in [4.69, 9.17) is 34.8 Å². The fourth-order valence-electron chi connectivity index (χ4n) is 2.20. The first-order chi connectivity index (χ1) is 11.7. The van der Waals surface area contributed by atoms with Crippen LogP contribution in [0, 0.1) is 10.1 Å². The molecule has 1 amide bonds. The SMILES string of the molecule is CCCCCCCC(=O)NC(Nc1cccc([N+](=O)[O-])c1)C(Cl)(Cl)Cl. The number of hydrogen-bond donors (Lipinski definition) is 2. The van der Waals surface area contributed by atoms with Crippen molar-refractivity contribution in [3.8, 4) is 0 Å². The fraction of sp³-hybridized carbons (Fsp3) is 0.562. The molecule has 0 aliphatic rings. The van der Waals surface area contributed by atoms with Crippen LogP contribution in [0.25, 0.3) is 0 Å². The summed E-state index contributed by atoms with van der Waals surface area (Å²) in [5.74, 6) is -0.245. The number of benzene rings is 1. The Hall–Kier alpha value is -1.24. The summed E-state index contributed by atoms with van der Waals surface area (Å²) >= 11 is 17.8. The number of non-ortho nitro benzene ring substituents is 1. The summed E-state index contributed by atoms with van der Waals surface area (Å²) in [6.07, 6.45) is 4.41. The summed E-state index contributed by atoms with van der Waals surface area (Å²) in [4.78, 5) is 22.4. The van der Waals surface area contributed by atoms with Gasteiger partial charge in [0.05, 0.1) is 4.92 Å². The number of hydrogen-bond acceptors (Lipinski definition) is 4. The lowest BCUT2D eigenvalue weighted by Gasteiger charge is -2.27. The Bertz CT molecular complexity index is 579. The van der Waals surface area contributed by atoms with E-state index in [1.165, 1.54) is 18.2 Å². The molecule has 0 aliphatic carbocycles. The van der Waals surface area contributed by atoms with Crippen molar-refractivity contribution in [1.29, 1.82) is 0 Å². The van der Waals surface area contributed by atoms with Crippen molar-refractivity contribution in [2.24, 2.45) is 0 Å². The average molecular weight is 411 g/mol. The Morgan fingerprint density at radius 3 is 2.52 bits per heavy atom. The van der Waals surface area contributed by atoms with Crippen molar-refractivity contribution >= 4 is 52.1 Å². The molecular weight excluding hydrogens is 389 g/mol. The van der Waals surface area contributed by atoms with Gasteiger partial charge in [0, 0.05) is 24.2 Å². The molecule has 1 atom stereocenters. The summed E-state index contributed by atoms with van der Waals surface area (Å²) < 4.78 is -1.82. The van der Waals surface area contributed by atoms with Gasteiger partial charge in [-0.3, -0.25) is 14.9 Å². The first-order valence-electron chi connectivity index (χ1n) is 8.11. The van der Waals surface area contributed by atoms with E-state index < -0.39 is 14.9 Å². The summed E-state index contributed by atoms with van der Waals surface area (Å²) in [5.41, 5.74) is 0.268. The summed E-state index contributed by atoms with van der Waals surface area (Å²) in [6.45, 7) is 2.12. The molecule has 2 N–H and O–H groups in total. The van der Waals surface area contributed by atoms with Crippen molar-refractivity contribution < 1.29 is 9.72 Å². The third-order valence-electron chi connectivity index (χ3n) is 3.51. The van der Waals surface area contributed by atoms with Gasteiger partial charge in [-0.2, -0.15) is 0 Å². The van der Waals surface area contributed by atoms with Crippen LogP contribution in [0.3, 0.4) is 0 Å². The van der Waals surface area contributed by atoms with Crippen LogP contribution in [0.2, 0.25) is 0 Å². The maximum absolute atomic E-state index is 12.1. The highest BCUT2D eigenvalue weighted by molar-refractivity contribution is 6.68. The number of amides is 1. The maximum atomic E-state index is 12.1. The number of nitro groups is 1. The van der Waals surface area contributed by atoms with Crippen LogP contribution in [-0.4, -0.2) is 20.8 Å². The monoisotopic (exact) mass is 409 g/mol. The van der Waals surface area contributed by atoms with Gasteiger partial charge in [0.1, 0.15) is 6.17 Å². The molecule has 9 heteroatoms. The number of unbranched alkanes of at least 4 members (excludes halogenated alkanes) is 4. The lowest BCUT2D eigenvalue weighted by atomic mass is 10.1. The predicted octanol–water partition coefficient (Wildman–Crippen LogP) is 5.18. The highest BCUT2D eigenvalue weighted by Crippen LogP contribution is 2.31. The van der Waals surface area contributed by atoms with Crippen molar-refractivity contribution in [1.82, 2.24) is 5.32 Å². The minimum atomic E-state index is -1.82. The van der Waals surface area contributed by atoms with Crippen LogP contribution in [0.1, 0.15) is 45.4 Å². The number of alkyl halides is 3. The Morgan fingerprint density at radius 1 is 1.24 bits per heavy atom. The Kier molecular flexibility index (Phi) is 9.32. The number of halogens is 3. The molecule has 1 aromatic carbocycles. The van der Waals surface area contributed by atoms with Crippen LogP contribution in [-0.2, 0) is 4.79 Å². The quantitative estimate of drug-likeness (QED) is 0.183. The van der Waals surface area contributed by atoms with Crippen LogP contribution >= 0.6 is 34.8 Å². The smallest absolute Gasteiger partial charge is 0.271 e. The zero-order chi connectivity index (χ0) is 18.9. The molecular formula is C16H22Cl3N3O3. The summed E-state index contributed by atoms with van der Waals surface area (Å²) in [7, 11) is 0. The second kappa shape index (κ2) is 10.7. The van der Waals surface area contributed by atoms with Crippen molar-refractivity contribution in [3.05, 3.63) is 34.4 Å². The Labute approximate surface area is 162 Å². The van der Waals surface area contributed by atoms with E-state index >= 15 is 0 Å². The molecule has 0 bridgehead atoms. The van der Waals surface area contributed by atoms with Crippen molar-refractivity contribution in [2.75, 3.05) is 5.32 Å². The number of nitro benzene ring substituents is 1. The third-order valence-corrected chi connectivity index (χ3v) is 4.16. The Morgan fingerprint density at radius 2 is 1.92 bits per heavy atom. The summed E-state index contributed by atoms with van der Waals surface area (Å²) in [6, 6.07) is 5.75. The molecule has 6 nitrogen and oxygen atoms in total. The number of carbonyl (C=O) groups excluding carboxylic acids is 1. The maximum Gasteiger partial charge on any atom is 0.271 e. The highest BCUT2D eigenvalue weighted by Gasteiger charge is 2.34. The summed E-state index contributed by atoms with van der Waals surface area (Å²) in [5, 5.41) is 16.3. The second-order valence-corrected chi connectivity index (χ2v) is 8.03. The lowest BCUT2D eigenvalue weighted by molar-refractivity contribution is -0.384. The van der Waals surface area contributed by atoms with E-state index in [1.807, 2.05) is 0 Å². The normalized spacial score (nSPS) is 12.5. The van der Waals surface area contributed by atoms with Crippen LogP contribution in [0.4, 0.5) is 11.4 Å². The molecule has 1 unspecified atom stereocenters. The van der Waals surface area contributed by atoms with Gasteiger partial charge in [0.25, 0.3) is 5.69 Å². The molecule has 0 fully saturated rings. The molecule has 0 spiro atoms. The van der Waals surface area contributed by atoms with E-state index in [1.54, 1.807) is 6.07 Å². The molecule has 0 saturated carbocycles. The van der Waals surface area contributed by atoms with Crippen LogP contribution in [0.5, 0.6) is 0 Å². The molecule has 1 rings (SSSR count). The Balaban J connectivity index is 2.64. The second-order valence-electron chi connectivity index (χ2n) is 5.66. The molecule has 0 aromatic heterocycles. The molecule has 140 valence electrons. The first-order valence-corrected chi connectivity index (χ1v) is 9.24. The molecule has 0 aliphatic heterocycles. The van der Waals surface area contributed by atoms with Gasteiger partial charge in [-0.05, 0) is 12.5 Å². The van der Waals surface area contributed by atoms with Crippen molar-refractivity contribution in [3.63, 3.8) is 0 Å². The average Bonchev–Trinajstić information content (AvgIpc) is 2.53. The van der Waals surface area contributed by atoms with E-state index in [0.717, 1.165) is 32.1 Å². The van der Waals surface area contributed by atoms with Gasteiger partial charge in [-0.15, -0.1) is 0 Å². The molecule has 0 saturated heterocycles. The molecule has 1 aromatic rings. The van der Waals surface area contributed by atoms with Gasteiger partial charge < -0.3 is 10.6 Å². The zero-order valence-corrected chi connectivity index (χ0v) is 16.2. The number of nitrogens with one attached hydrogen (secondary N) is 2. The van der Waals surface area contributed by atoms with Gasteiger partial charge in [-0.25, -0.2) is 0 Å². The molecule has 25 heavy (non-hydrogen) atoms. The van der Waals surface area contributed by atoms with Crippen molar-refractivity contribution in [2.45, 2.75) is 55.4 Å². The first kappa shape index (κ1) is 21.8. The van der Waals surface area contributed by atoms with Gasteiger partial charge in [0.2, 0.25) is 9.70 Å². The van der Waals surface area contributed by atoms with Gasteiger partial charge in [-0.1, -0.05) is 73.5 Å². The highest BCUT2D eigenvalue weighted by atomic mass is 35.6. The minimum Gasteiger partial charge on any atom is -0.362 e. The van der Waals surface area contributed by atoms with E-state index in [2.05, 4.69) is 17.6 Å². The molecule has 0 heterocycles. The van der Waals surface area contributed by atoms with Gasteiger partial charge >= 0.3 is 0 Å². The fourth-order valence-corrected chi connectivity index (χ4v) is 2.53. The standard InChI is InChI=1S/C16H22Cl3N3O3/c1-2-3-4-5-6-10-14(23)21-15(16(17,18)19)20-12-8-7-9-13(11-12)22(24)25/h7-9,11,15,20H,2-6,10H2,1H3,(H,21,23). The van der Waals surface area contributed by atoms with Crippen LogP contribution < -0.4 is 10.6 Å². The largest absolute Gasteiger partial charge is 0.362 e. The van der Waals surface area contributed by atoms with E-state index in [9.17, 15) is 14.9 Å². The number of nitrogens with zero attached hydrogens (tertiary/aromatic N) is 1.